The van der Waals surface area contributed by atoms with Crippen molar-refractivity contribution in [2.75, 3.05) is 4.90 Å². The van der Waals surface area contributed by atoms with E-state index in [4.69, 9.17) is 0 Å². The lowest BCUT2D eigenvalue weighted by molar-refractivity contribution is -0.137. The van der Waals surface area contributed by atoms with Gasteiger partial charge in [0.2, 0.25) is 0 Å². The second-order valence-corrected chi connectivity index (χ2v) is 8.19. The molecule has 0 aromatic heterocycles. The van der Waals surface area contributed by atoms with Crippen LogP contribution in [0.15, 0.2) is 82.8 Å². The summed E-state index contributed by atoms with van der Waals surface area (Å²) in [7, 11) is 0. The number of benzene rings is 3. The molecule has 33 heavy (non-hydrogen) atoms. The second kappa shape index (κ2) is 8.47. The molecule has 3 aromatic carbocycles. The summed E-state index contributed by atoms with van der Waals surface area (Å²) in [4.78, 5) is 26.9. The molecule has 1 saturated heterocycles. The van der Waals surface area contributed by atoms with Crippen LogP contribution >= 0.6 is 15.9 Å². The number of amides is 1. The van der Waals surface area contributed by atoms with Crippen molar-refractivity contribution in [2.45, 2.75) is 12.2 Å². The summed E-state index contributed by atoms with van der Waals surface area (Å²) in [5.74, 6) is -3.25. The van der Waals surface area contributed by atoms with Gasteiger partial charge in [-0.2, -0.15) is 13.2 Å². The van der Waals surface area contributed by atoms with Gasteiger partial charge in [0.05, 0.1) is 17.2 Å². The number of Topliss-reactive ketones (excluding diaryl/α,β-unsaturated/α-hetero) is 1. The Balaban J connectivity index is 1.94. The van der Waals surface area contributed by atoms with Crippen LogP contribution in [-0.4, -0.2) is 16.8 Å². The summed E-state index contributed by atoms with van der Waals surface area (Å²) < 4.78 is 54.1. The number of hydrogen-bond donors (Lipinski definition) is 1. The monoisotopic (exact) mass is 519 g/mol. The minimum Gasteiger partial charge on any atom is -0.507 e. The van der Waals surface area contributed by atoms with E-state index in [1.165, 1.54) is 30.3 Å². The summed E-state index contributed by atoms with van der Waals surface area (Å²) in [6.45, 7) is 0. The lowest BCUT2D eigenvalue weighted by Crippen LogP contribution is -2.29. The Labute approximate surface area is 193 Å². The van der Waals surface area contributed by atoms with E-state index in [1.807, 2.05) is 0 Å². The Bertz CT molecular complexity index is 1270. The Hall–Kier alpha value is -3.46. The molecule has 4 rings (SSSR count). The van der Waals surface area contributed by atoms with Gasteiger partial charge in [-0.15, -0.1) is 0 Å². The predicted molar refractivity (Wildman–Crippen MR) is 117 cm³/mol. The van der Waals surface area contributed by atoms with Gasteiger partial charge < -0.3 is 5.11 Å². The zero-order chi connectivity index (χ0) is 23.9. The topological polar surface area (TPSA) is 57.6 Å². The standard InChI is InChI=1S/C24H14BrF4NO3/c25-16-8-4-14(5-9-16)21(31)19-20(13-6-10-17(26)11-7-13)30(23(33)22(19)32)18-3-1-2-15(12-18)24(27,28)29/h1-12,20,31H/b21-19+. The summed E-state index contributed by atoms with van der Waals surface area (Å²) >= 11 is 3.26. The molecule has 0 saturated carbocycles. The summed E-state index contributed by atoms with van der Waals surface area (Å²) in [6, 6.07) is 13.8. The van der Waals surface area contributed by atoms with Crippen molar-refractivity contribution in [2.24, 2.45) is 0 Å². The third-order valence-corrected chi connectivity index (χ3v) is 5.73. The number of nitrogens with zero attached hydrogens (tertiary/aromatic N) is 1. The number of hydrogen-bond acceptors (Lipinski definition) is 3. The van der Waals surface area contributed by atoms with Crippen LogP contribution in [0.3, 0.4) is 0 Å². The maximum atomic E-state index is 13.6. The minimum atomic E-state index is -4.67. The van der Waals surface area contributed by atoms with Crippen LogP contribution in [0.1, 0.15) is 22.7 Å². The number of carbonyl (C=O) groups is 2. The zero-order valence-corrected chi connectivity index (χ0v) is 18.2. The van der Waals surface area contributed by atoms with Crippen molar-refractivity contribution in [1.82, 2.24) is 0 Å². The van der Waals surface area contributed by atoms with Gasteiger partial charge >= 0.3 is 6.18 Å². The first kappa shape index (κ1) is 22.7. The van der Waals surface area contributed by atoms with E-state index in [1.54, 1.807) is 12.1 Å². The molecule has 9 heteroatoms. The molecular formula is C24H14BrF4NO3. The van der Waals surface area contributed by atoms with Crippen LogP contribution in [0.5, 0.6) is 0 Å². The molecule has 1 aliphatic heterocycles. The van der Waals surface area contributed by atoms with Crippen molar-refractivity contribution in [3.63, 3.8) is 0 Å². The van der Waals surface area contributed by atoms with Gasteiger partial charge in [0.15, 0.2) is 0 Å². The smallest absolute Gasteiger partial charge is 0.416 e. The first-order valence-electron chi connectivity index (χ1n) is 9.57. The van der Waals surface area contributed by atoms with E-state index < -0.39 is 41.0 Å². The molecular weight excluding hydrogens is 506 g/mol. The molecule has 0 radical (unpaired) electrons. The van der Waals surface area contributed by atoms with Crippen LogP contribution in [-0.2, 0) is 15.8 Å². The largest absolute Gasteiger partial charge is 0.507 e. The second-order valence-electron chi connectivity index (χ2n) is 7.28. The molecule has 4 nitrogen and oxygen atoms in total. The average molecular weight is 520 g/mol. The number of aliphatic hydroxyl groups excluding tert-OH is 1. The Kier molecular flexibility index (Phi) is 5.84. The lowest BCUT2D eigenvalue weighted by atomic mass is 9.95. The fourth-order valence-electron chi connectivity index (χ4n) is 3.65. The quantitative estimate of drug-likeness (QED) is 0.193. The number of aliphatic hydroxyl groups is 1. The molecule has 0 bridgehead atoms. The molecule has 1 atom stereocenters. The molecule has 3 aromatic rings. The molecule has 0 aliphatic carbocycles. The van der Waals surface area contributed by atoms with E-state index in [-0.39, 0.29) is 22.4 Å². The maximum Gasteiger partial charge on any atom is 0.416 e. The van der Waals surface area contributed by atoms with Gasteiger partial charge in [0.25, 0.3) is 11.7 Å². The SMILES string of the molecule is O=C1C(=O)N(c2cccc(C(F)(F)F)c2)C(c2ccc(F)cc2)/C1=C(\O)c1ccc(Br)cc1. The highest BCUT2D eigenvalue weighted by atomic mass is 79.9. The van der Waals surface area contributed by atoms with E-state index >= 15 is 0 Å². The number of halogens is 5. The summed E-state index contributed by atoms with van der Waals surface area (Å²) in [6.07, 6.45) is -4.67. The van der Waals surface area contributed by atoms with Gasteiger partial charge in [-0.05, 0) is 48.0 Å². The van der Waals surface area contributed by atoms with E-state index in [0.29, 0.717) is 4.47 Å². The van der Waals surface area contributed by atoms with Gasteiger partial charge in [-0.25, -0.2) is 4.39 Å². The molecule has 1 heterocycles. The fourth-order valence-corrected chi connectivity index (χ4v) is 3.92. The normalized spacial score (nSPS) is 18.1. The van der Waals surface area contributed by atoms with Crippen LogP contribution in [0.4, 0.5) is 23.2 Å². The van der Waals surface area contributed by atoms with Crippen molar-refractivity contribution < 1.29 is 32.3 Å². The highest BCUT2D eigenvalue weighted by molar-refractivity contribution is 9.10. The third-order valence-electron chi connectivity index (χ3n) is 5.20. The third kappa shape index (κ3) is 4.28. The number of alkyl halides is 3. The number of anilines is 1. The van der Waals surface area contributed by atoms with Crippen molar-refractivity contribution in [3.05, 3.63) is 105 Å². The van der Waals surface area contributed by atoms with Crippen molar-refractivity contribution in [1.29, 1.82) is 0 Å². The first-order valence-corrected chi connectivity index (χ1v) is 10.4. The van der Waals surface area contributed by atoms with Gasteiger partial charge in [0.1, 0.15) is 11.6 Å². The fraction of sp³-hybridized carbons (Fsp3) is 0.0833. The van der Waals surface area contributed by atoms with Crippen LogP contribution in [0.2, 0.25) is 0 Å². The van der Waals surface area contributed by atoms with Crippen molar-refractivity contribution >= 4 is 39.1 Å². The minimum absolute atomic E-state index is 0.184. The maximum absolute atomic E-state index is 13.6. The lowest BCUT2D eigenvalue weighted by Gasteiger charge is -2.26. The van der Waals surface area contributed by atoms with Gasteiger partial charge in [-0.1, -0.05) is 46.3 Å². The molecule has 1 unspecified atom stereocenters. The van der Waals surface area contributed by atoms with Crippen LogP contribution in [0, 0.1) is 5.82 Å². The Morgan fingerprint density at radius 3 is 2.18 bits per heavy atom. The van der Waals surface area contributed by atoms with Gasteiger partial charge in [0, 0.05) is 15.7 Å². The highest BCUT2D eigenvalue weighted by Gasteiger charge is 2.47. The summed E-state index contributed by atoms with van der Waals surface area (Å²) in [5, 5.41) is 10.9. The van der Waals surface area contributed by atoms with Gasteiger partial charge in [-0.3, -0.25) is 14.5 Å². The molecule has 168 valence electrons. The predicted octanol–water partition coefficient (Wildman–Crippen LogP) is 6.23. The average Bonchev–Trinajstić information content (AvgIpc) is 3.04. The summed E-state index contributed by atoms with van der Waals surface area (Å²) in [5.41, 5.74) is -1.03. The molecule has 1 N–H and O–H groups in total. The number of ketones is 1. The first-order chi connectivity index (χ1) is 15.6. The van der Waals surface area contributed by atoms with Crippen LogP contribution < -0.4 is 4.90 Å². The van der Waals surface area contributed by atoms with Crippen molar-refractivity contribution in [3.8, 4) is 0 Å². The molecule has 1 aliphatic rings. The Morgan fingerprint density at radius 1 is 0.939 bits per heavy atom. The van der Waals surface area contributed by atoms with Crippen LogP contribution in [0.25, 0.3) is 5.76 Å². The molecule has 1 amide bonds. The molecule has 0 spiro atoms. The van der Waals surface area contributed by atoms with E-state index in [9.17, 15) is 32.3 Å². The Morgan fingerprint density at radius 2 is 1.58 bits per heavy atom. The molecule has 1 fully saturated rings. The highest BCUT2D eigenvalue weighted by Crippen LogP contribution is 2.43. The van der Waals surface area contributed by atoms with E-state index in [2.05, 4.69) is 15.9 Å². The number of rotatable bonds is 3. The van der Waals surface area contributed by atoms with E-state index in [0.717, 1.165) is 35.2 Å². The zero-order valence-electron chi connectivity index (χ0n) is 16.6. The number of carbonyl (C=O) groups excluding carboxylic acids is 2.